The molecule has 1 saturated carbocycles. The first kappa shape index (κ1) is 8.93. The van der Waals surface area contributed by atoms with E-state index in [4.69, 9.17) is 5.26 Å². The highest BCUT2D eigenvalue weighted by atomic mass is 32.2. The number of hydrogen-bond donors (Lipinski definition) is 0. The number of rotatable bonds is 3. The fourth-order valence-corrected chi connectivity index (χ4v) is 2.45. The Bertz CT molecular complexity index is 182. The zero-order valence-corrected chi connectivity index (χ0v) is 8.24. The summed E-state index contributed by atoms with van der Waals surface area (Å²) in [7, 11) is 0. The van der Waals surface area contributed by atoms with E-state index in [-0.39, 0.29) is 4.75 Å². The first-order chi connectivity index (χ1) is 5.10. The van der Waals surface area contributed by atoms with Gasteiger partial charge in [-0.05, 0) is 24.0 Å². The minimum Gasteiger partial charge on any atom is -0.197 e. The number of nitrogens with zero attached hydrogens (tertiary/aromatic N) is 1. The highest BCUT2D eigenvalue weighted by molar-refractivity contribution is 8.01. The van der Waals surface area contributed by atoms with Crippen LogP contribution in [0.1, 0.15) is 27.2 Å². The molecule has 0 saturated heterocycles. The van der Waals surface area contributed by atoms with Crippen LogP contribution in [-0.2, 0) is 0 Å². The third kappa shape index (κ3) is 1.90. The molecule has 0 heterocycles. The molecule has 2 atom stereocenters. The highest BCUT2D eigenvalue weighted by Crippen LogP contribution is 2.53. The molecule has 0 spiro atoms. The van der Waals surface area contributed by atoms with E-state index < -0.39 is 0 Å². The van der Waals surface area contributed by atoms with Gasteiger partial charge in [0.1, 0.15) is 4.75 Å². The van der Waals surface area contributed by atoms with Gasteiger partial charge in [0.05, 0.1) is 6.07 Å². The summed E-state index contributed by atoms with van der Waals surface area (Å²) in [5.41, 5.74) is 0. The summed E-state index contributed by atoms with van der Waals surface area (Å²) >= 11 is 1.84. The van der Waals surface area contributed by atoms with Crippen LogP contribution in [-0.4, -0.2) is 10.5 Å². The van der Waals surface area contributed by atoms with Crippen LogP contribution in [0.3, 0.4) is 0 Å². The standard InChI is InChI=1S/C9H15NS/c1-7(2)5-11-9(6-10)4-8(9)3/h7-8H,4-5H2,1-3H3. The summed E-state index contributed by atoms with van der Waals surface area (Å²) < 4.78 is 0.00424. The molecule has 0 N–H and O–H groups in total. The Morgan fingerprint density at radius 1 is 1.73 bits per heavy atom. The highest BCUT2D eigenvalue weighted by Gasteiger charge is 2.52. The zero-order valence-electron chi connectivity index (χ0n) is 7.42. The monoisotopic (exact) mass is 169 g/mol. The van der Waals surface area contributed by atoms with Crippen molar-refractivity contribution in [3.05, 3.63) is 0 Å². The Morgan fingerprint density at radius 2 is 2.27 bits per heavy atom. The summed E-state index contributed by atoms with van der Waals surface area (Å²) in [6.07, 6.45) is 1.10. The van der Waals surface area contributed by atoms with Gasteiger partial charge in [-0.3, -0.25) is 0 Å². The molecule has 2 heteroatoms. The van der Waals surface area contributed by atoms with Crippen LogP contribution >= 0.6 is 11.8 Å². The van der Waals surface area contributed by atoms with Crippen LogP contribution in [0.2, 0.25) is 0 Å². The van der Waals surface area contributed by atoms with E-state index >= 15 is 0 Å². The first-order valence-electron chi connectivity index (χ1n) is 4.16. The maximum absolute atomic E-state index is 8.87. The molecule has 0 radical (unpaired) electrons. The number of thioether (sulfide) groups is 1. The molecule has 2 unspecified atom stereocenters. The summed E-state index contributed by atoms with van der Waals surface area (Å²) in [6.45, 7) is 6.56. The maximum Gasteiger partial charge on any atom is 0.105 e. The summed E-state index contributed by atoms with van der Waals surface area (Å²) in [5.74, 6) is 2.45. The van der Waals surface area contributed by atoms with Gasteiger partial charge in [-0.25, -0.2) is 0 Å². The van der Waals surface area contributed by atoms with Crippen molar-refractivity contribution in [2.45, 2.75) is 31.9 Å². The van der Waals surface area contributed by atoms with Gasteiger partial charge in [0.2, 0.25) is 0 Å². The van der Waals surface area contributed by atoms with Crippen LogP contribution in [0.4, 0.5) is 0 Å². The van der Waals surface area contributed by atoms with E-state index in [1.807, 2.05) is 11.8 Å². The third-order valence-electron chi connectivity index (χ3n) is 2.11. The second-order valence-electron chi connectivity index (χ2n) is 3.81. The molecule has 0 bridgehead atoms. The van der Waals surface area contributed by atoms with Crippen molar-refractivity contribution in [3.8, 4) is 6.07 Å². The predicted octanol–water partition coefficient (Wildman–Crippen LogP) is 2.68. The van der Waals surface area contributed by atoms with Crippen molar-refractivity contribution in [2.75, 3.05) is 5.75 Å². The average molecular weight is 169 g/mol. The van der Waals surface area contributed by atoms with Crippen molar-refractivity contribution in [2.24, 2.45) is 11.8 Å². The van der Waals surface area contributed by atoms with Gasteiger partial charge in [-0.1, -0.05) is 20.8 Å². The van der Waals surface area contributed by atoms with Crippen molar-refractivity contribution in [3.63, 3.8) is 0 Å². The lowest BCUT2D eigenvalue weighted by atomic mass is 10.3. The second kappa shape index (κ2) is 3.06. The van der Waals surface area contributed by atoms with Gasteiger partial charge in [0.25, 0.3) is 0 Å². The molecule has 1 aliphatic carbocycles. The Kier molecular flexibility index (Phi) is 2.49. The smallest absolute Gasteiger partial charge is 0.105 e. The minimum absolute atomic E-state index is 0.00424. The van der Waals surface area contributed by atoms with Gasteiger partial charge in [-0.15, -0.1) is 11.8 Å². The van der Waals surface area contributed by atoms with Gasteiger partial charge in [0.15, 0.2) is 0 Å². The molecule has 1 nitrogen and oxygen atoms in total. The molecule has 1 fully saturated rings. The minimum atomic E-state index is 0.00424. The third-order valence-corrected chi connectivity index (χ3v) is 4.12. The molecule has 62 valence electrons. The zero-order chi connectivity index (χ0) is 8.48. The molecule has 11 heavy (non-hydrogen) atoms. The lowest BCUT2D eigenvalue weighted by Crippen LogP contribution is -2.05. The quantitative estimate of drug-likeness (QED) is 0.648. The molecule has 0 amide bonds. The fourth-order valence-electron chi connectivity index (χ4n) is 1.10. The fraction of sp³-hybridized carbons (Fsp3) is 0.889. The first-order valence-corrected chi connectivity index (χ1v) is 5.14. The van der Waals surface area contributed by atoms with E-state index in [9.17, 15) is 0 Å². The molecule has 1 aliphatic rings. The molecule has 1 rings (SSSR count). The number of nitriles is 1. The van der Waals surface area contributed by atoms with Crippen molar-refractivity contribution < 1.29 is 0 Å². The molecule has 0 aromatic carbocycles. The van der Waals surface area contributed by atoms with E-state index in [0.717, 1.165) is 12.2 Å². The Balaban J connectivity index is 2.32. The van der Waals surface area contributed by atoms with Crippen LogP contribution in [0.25, 0.3) is 0 Å². The van der Waals surface area contributed by atoms with Crippen molar-refractivity contribution in [1.82, 2.24) is 0 Å². The molecule has 0 aliphatic heterocycles. The molecule has 0 aromatic heterocycles. The molecule has 0 aromatic rings. The van der Waals surface area contributed by atoms with Crippen LogP contribution in [0.5, 0.6) is 0 Å². The Hall–Kier alpha value is -0.160. The molecular weight excluding hydrogens is 154 g/mol. The topological polar surface area (TPSA) is 23.8 Å². The lowest BCUT2D eigenvalue weighted by molar-refractivity contribution is 0.747. The van der Waals surface area contributed by atoms with Crippen molar-refractivity contribution >= 4 is 11.8 Å². The van der Waals surface area contributed by atoms with Crippen molar-refractivity contribution in [1.29, 1.82) is 5.26 Å². The van der Waals surface area contributed by atoms with Gasteiger partial charge in [-0.2, -0.15) is 5.26 Å². The van der Waals surface area contributed by atoms with Gasteiger partial charge < -0.3 is 0 Å². The van der Waals surface area contributed by atoms with Gasteiger partial charge in [0, 0.05) is 0 Å². The van der Waals surface area contributed by atoms with Gasteiger partial charge >= 0.3 is 0 Å². The number of hydrogen-bond acceptors (Lipinski definition) is 2. The van der Waals surface area contributed by atoms with E-state index in [2.05, 4.69) is 26.8 Å². The normalized spacial score (nSPS) is 35.4. The van der Waals surface area contributed by atoms with Crippen LogP contribution in [0.15, 0.2) is 0 Å². The lowest BCUT2D eigenvalue weighted by Gasteiger charge is -2.08. The summed E-state index contributed by atoms with van der Waals surface area (Å²) in [4.78, 5) is 0. The van der Waals surface area contributed by atoms with Crippen LogP contribution in [0, 0.1) is 23.2 Å². The van der Waals surface area contributed by atoms with Crippen LogP contribution < -0.4 is 0 Å². The Labute approximate surface area is 73.2 Å². The average Bonchev–Trinajstić information content (AvgIpc) is 2.59. The summed E-state index contributed by atoms with van der Waals surface area (Å²) in [6, 6.07) is 2.42. The second-order valence-corrected chi connectivity index (χ2v) is 5.16. The molecular formula is C9H15NS. The summed E-state index contributed by atoms with van der Waals surface area (Å²) in [5, 5.41) is 8.87. The van der Waals surface area contributed by atoms with E-state index in [1.165, 1.54) is 0 Å². The largest absolute Gasteiger partial charge is 0.197 e. The predicted molar refractivity (Wildman–Crippen MR) is 49.4 cm³/mol. The Morgan fingerprint density at radius 3 is 2.55 bits per heavy atom. The SMILES string of the molecule is CC(C)CSC1(C#N)CC1C. The van der Waals surface area contributed by atoms with E-state index in [1.54, 1.807) is 0 Å². The van der Waals surface area contributed by atoms with E-state index in [0.29, 0.717) is 11.8 Å². The maximum atomic E-state index is 8.87.